The number of benzene rings is 4. The summed E-state index contributed by atoms with van der Waals surface area (Å²) in [7, 11) is 0. The van der Waals surface area contributed by atoms with Gasteiger partial charge >= 0.3 is 0 Å². The number of phenolic OH excluding ortho intramolecular Hbond substituents is 1. The number of azo groups is 1. The summed E-state index contributed by atoms with van der Waals surface area (Å²) in [5.41, 5.74) is 1.61. The topological polar surface area (TPSA) is 45.0 Å². The second-order valence-electron chi connectivity index (χ2n) is 5.38. The van der Waals surface area contributed by atoms with Gasteiger partial charge in [-0.15, -0.1) is 5.11 Å². The van der Waals surface area contributed by atoms with Crippen molar-refractivity contribution in [2.45, 2.75) is 0 Å². The third kappa shape index (κ3) is 2.53. The molecular formula is C20H14N2O. The summed E-state index contributed by atoms with van der Waals surface area (Å²) in [4.78, 5) is 0. The normalized spacial score (nSPS) is 11.5. The first-order valence-electron chi connectivity index (χ1n) is 7.42. The van der Waals surface area contributed by atoms with E-state index in [4.69, 9.17) is 0 Å². The Morgan fingerprint density at radius 2 is 1.39 bits per heavy atom. The molecule has 0 aliphatic carbocycles. The van der Waals surface area contributed by atoms with Crippen LogP contribution in [-0.2, 0) is 0 Å². The molecule has 110 valence electrons. The average molecular weight is 298 g/mol. The fourth-order valence-electron chi connectivity index (χ4n) is 2.72. The van der Waals surface area contributed by atoms with E-state index in [0.29, 0.717) is 0 Å². The summed E-state index contributed by atoms with van der Waals surface area (Å²) < 4.78 is 0. The first kappa shape index (κ1) is 13.5. The number of nitrogens with zero attached hydrogens (tertiary/aromatic N) is 2. The molecule has 0 aliphatic heterocycles. The molecule has 0 atom stereocenters. The van der Waals surface area contributed by atoms with Crippen LogP contribution in [-0.4, -0.2) is 5.11 Å². The van der Waals surface area contributed by atoms with E-state index in [9.17, 15) is 5.11 Å². The minimum Gasteiger partial charge on any atom is -0.507 e. The summed E-state index contributed by atoms with van der Waals surface area (Å²) >= 11 is 0. The van der Waals surface area contributed by atoms with Crippen molar-refractivity contribution >= 4 is 32.9 Å². The van der Waals surface area contributed by atoms with E-state index in [1.54, 1.807) is 6.07 Å². The van der Waals surface area contributed by atoms with E-state index in [1.165, 1.54) is 0 Å². The van der Waals surface area contributed by atoms with Crippen molar-refractivity contribution < 1.29 is 5.11 Å². The monoisotopic (exact) mass is 298 g/mol. The van der Waals surface area contributed by atoms with Crippen LogP contribution in [0.15, 0.2) is 89.1 Å². The van der Waals surface area contributed by atoms with Crippen molar-refractivity contribution in [1.82, 2.24) is 0 Å². The molecule has 1 N–H and O–H groups in total. The van der Waals surface area contributed by atoms with Gasteiger partial charge in [0.2, 0.25) is 0 Å². The lowest BCUT2D eigenvalue weighted by molar-refractivity contribution is 0.481. The van der Waals surface area contributed by atoms with Crippen molar-refractivity contribution in [2.24, 2.45) is 10.2 Å². The predicted octanol–water partition coefficient (Wildman–Crippen LogP) is 6.11. The molecule has 3 heteroatoms. The van der Waals surface area contributed by atoms with Crippen LogP contribution in [0, 0.1) is 0 Å². The summed E-state index contributed by atoms with van der Waals surface area (Å²) in [6, 6.07) is 25.2. The molecular weight excluding hydrogens is 284 g/mol. The zero-order chi connectivity index (χ0) is 15.6. The maximum atomic E-state index is 9.83. The summed E-state index contributed by atoms with van der Waals surface area (Å²) in [5, 5.41) is 22.6. The molecule has 0 heterocycles. The van der Waals surface area contributed by atoms with E-state index in [2.05, 4.69) is 22.4 Å². The predicted molar refractivity (Wildman–Crippen MR) is 93.7 cm³/mol. The van der Waals surface area contributed by atoms with E-state index in [1.807, 2.05) is 60.7 Å². The van der Waals surface area contributed by atoms with Gasteiger partial charge in [0.25, 0.3) is 0 Å². The van der Waals surface area contributed by atoms with Gasteiger partial charge in [-0.3, -0.25) is 0 Å². The molecule has 0 aliphatic rings. The lowest BCUT2D eigenvalue weighted by atomic mass is 10.1. The van der Waals surface area contributed by atoms with Gasteiger partial charge in [-0.1, -0.05) is 48.5 Å². The van der Waals surface area contributed by atoms with Gasteiger partial charge in [-0.2, -0.15) is 5.11 Å². The highest BCUT2D eigenvalue weighted by Gasteiger charge is 2.01. The number of hydrogen-bond acceptors (Lipinski definition) is 3. The van der Waals surface area contributed by atoms with Gasteiger partial charge in [-0.25, -0.2) is 0 Å². The van der Waals surface area contributed by atoms with Crippen LogP contribution in [0.2, 0.25) is 0 Å². The maximum Gasteiger partial charge on any atom is 0.123 e. The molecule has 0 unspecified atom stereocenters. The van der Waals surface area contributed by atoms with Gasteiger partial charge in [0.1, 0.15) is 5.75 Å². The zero-order valence-electron chi connectivity index (χ0n) is 12.3. The van der Waals surface area contributed by atoms with Crippen molar-refractivity contribution in [1.29, 1.82) is 0 Å². The average Bonchev–Trinajstić information content (AvgIpc) is 2.60. The molecule has 0 saturated carbocycles. The Morgan fingerprint density at radius 1 is 0.609 bits per heavy atom. The number of aromatic hydroxyl groups is 1. The van der Waals surface area contributed by atoms with Gasteiger partial charge in [0.05, 0.1) is 11.4 Å². The number of rotatable bonds is 2. The van der Waals surface area contributed by atoms with E-state index in [0.717, 1.165) is 32.9 Å². The van der Waals surface area contributed by atoms with Crippen molar-refractivity contribution in [3.8, 4) is 5.75 Å². The Morgan fingerprint density at radius 3 is 2.35 bits per heavy atom. The summed E-state index contributed by atoms with van der Waals surface area (Å²) in [5.74, 6) is 0.278. The van der Waals surface area contributed by atoms with Crippen LogP contribution >= 0.6 is 0 Å². The first-order chi connectivity index (χ1) is 11.3. The minimum absolute atomic E-state index is 0.278. The largest absolute Gasteiger partial charge is 0.507 e. The highest BCUT2D eigenvalue weighted by Crippen LogP contribution is 2.30. The molecule has 0 saturated heterocycles. The van der Waals surface area contributed by atoms with Gasteiger partial charge in [0, 0.05) is 10.8 Å². The van der Waals surface area contributed by atoms with Crippen molar-refractivity contribution in [3.63, 3.8) is 0 Å². The van der Waals surface area contributed by atoms with E-state index in [-0.39, 0.29) is 5.75 Å². The highest BCUT2D eigenvalue weighted by atomic mass is 16.3. The Kier molecular flexibility index (Phi) is 3.24. The third-order valence-corrected chi connectivity index (χ3v) is 3.88. The molecule has 4 aromatic rings. The SMILES string of the molecule is Oc1cccc2cc(N=Nc3cccc4ccccc34)ccc12. The highest BCUT2D eigenvalue weighted by molar-refractivity contribution is 5.92. The Hall–Kier alpha value is -3.20. The molecule has 4 rings (SSSR count). The zero-order valence-corrected chi connectivity index (χ0v) is 12.3. The second-order valence-corrected chi connectivity index (χ2v) is 5.38. The van der Waals surface area contributed by atoms with Crippen molar-refractivity contribution in [2.75, 3.05) is 0 Å². The summed E-state index contributed by atoms with van der Waals surface area (Å²) in [6.45, 7) is 0. The summed E-state index contributed by atoms with van der Waals surface area (Å²) in [6.07, 6.45) is 0. The molecule has 4 aromatic carbocycles. The Balaban J connectivity index is 1.76. The van der Waals surface area contributed by atoms with Crippen LogP contribution in [0.3, 0.4) is 0 Å². The Bertz CT molecular complexity index is 1030. The molecule has 0 radical (unpaired) electrons. The Labute approximate surface area is 133 Å². The van der Waals surface area contributed by atoms with Gasteiger partial charge in [0.15, 0.2) is 0 Å². The third-order valence-electron chi connectivity index (χ3n) is 3.88. The smallest absolute Gasteiger partial charge is 0.123 e. The fraction of sp³-hybridized carbons (Fsp3) is 0. The molecule has 0 amide bonds. The first-order valence-corrected chi connectivity index (χ1v) is 7.42. The lowest BCUT2D eigenvalue weighted by Gasteiger charge is -2.02. The van der Waals surface area contributed by atoms with E-state index < -0.39 is 0 Å². The standard InChI is InChI=1S/C20H14N2O/c23-20-10-4-7-15-13-16(11-12-18(15)20)21-22-19-9-3-6-14-5-1-2-8-17(14)19/h1-13,23H. The molecule has 0 aromatic heterocycles. The lowest BCUT2D eigenvalue weighted by Crippen LogP contribution is -1.74. The number of hydrogen-bond donors (Lipinski definition) is 1. The second kappa shape index (κ2) is 5.54. The number of phenols is 1. The quantitative estimate of drug-likeness (QED) is 0.445. The van der Waals surface area contributed by atoms with Crippen molar-refractivity contribution in [3.05, 3.63) is 78.9 Å². The van der Waals surface area contributed by atoms with Gasteiger partial charge in [-0.05, 0) is 41.1 Å². The molecule has 3 nitrogen and oxygen atoms in total. The van der Waals surface area contributed by atoms with Gasteiger partial charge < -0.3 is 5.11 Å². The number of fused-ring (bicyclic) bond motifs is 2. The van der Waals surface area contributed by atoms with Crippen LogP contribution in [0.4, 0.5) is 11.4 Å². The van der Waals surface area contributed by atoms with E-state index >= 15 is 0 Å². The minimum atomic E-state index is 0.278. The molecule has 0 bridgehead atoms. The maximum absolute atomic E-state index is 9.83. The molecule has 0 spiro atoms. The molecule has 23 heavy (non-hydrogen) atoms. The van der Waals surface area contributed by atoms with Crippen LogP contribution in [0.5, 0.6) is 5.75 Å². The van der Waals surface area contributed by atoms with Crippen LogP contribution in [0.25, 0.3) is 21.5 Å². The van der Waals surface area contributed by atoms with Crippen LogP contribution < -0.4 is 0 Å². The fourth-order valence-corrected chi connectivity index (χ4v) is 2.72. The molecule has 0 fully saturated rings. The van der Waals surface area contributed by atoms with Crippen LogP contribution in [0.1, 0.15) is 0 Å².